The Morgan fingerprint density at radius 2 is 2.07 bits per heavy atom. The van der Waals surface area contributed by atoms with Gasteiger partial charge in [0.25, 0.3) is 5.92 Å². The van der Waals surface area contributed by atoms with E-state index in [9.17, 15) is 22.3 Å². The first-order valence-electron chi connectivity index (χ1n) is 8.73. The van der Waals surface area contributed by atoms with Crippen molar-refractivity contribution in [2.45, 2.75) is 29.8 Å². The van der Waals surface area contributed by atoms with Crippen LogP contribution in [0.1, 0.15) is 17.7 Å². The number of nitrogens with zero attached hydrogens (tertiary/aromatic N) is 3. The highest BCUT2D eigenvalue weighted by atomic mass is 35.5. The lowest BCUT2D eigenvalue weighted by Crippen LogP contribution is -2.38. The van der Waals surface area contributed by atoms with Crippen molar-refractivity contribution >= 4 is 27.5 Å². The molecule has 0 radical (unpaired) electrons. The van der Waals surface area contributed by atoms with Crippen molar-refractivity contribution < 1.29 is 22.3 Å². The number of aliphatic hydroxyl groups excluding tert-OH is 1. The highest BCUT2D eigenvalue weighted by Gasteiger charge is 2.49. The van der Waals surface area contributed by atoms with Gasteiger partial charge in [-0.1, -0.05) is 17.7 Å². The van der Waals surface area contributed by atoms with Crippen LogP contribution in [0.25, 0.3) is 11.3 Å². The van der Waals surface area contributed by atoms with E-state index in [0.29, 0.717) is 33.6 Å². The minimum Gasteiger partial charge on any atom is -0.395 e. The number of aliphatic imine (C=N–C) groups is 1. The molecule has 2 aromatic rings. The minimum atomic E-state index is -4.26. The molecule has 3 N–H and O–H groups in total. The van der Waals surface area contributed by atoms with Crippen LogP contribution in [0.2, 0.25) is 5.02 Å². The van der Waals surface area contributed by atoms with Gasteiger partial charge < -0.3 is 10.8 Å². The van der Waals surface area contributed by atoms with Gasteiger partial charge in [0.15, 0.2) is 0 Å². The van der Waals surface area contributed by atoms with Gasteiger partial charge in [0.2, 0.25) is 10.0 Å². The molecule has 3 heterocycles. The zero-order chi connectivity index (χ0) is 21.0. The Morgan fingerprint density at radius 1 is 1.31 bits per heavy atom. The molecule has 1 fully saturated rings. The van der Waals surface area contributed by atoms with Gasteiger partial charge in [-0.25, -0.2) is 22.2 Å². The summed E-state index contributed by atoms with van der Waals surface area (Å²) in [7, 11) is -4.26. The first kappa shape index (κ1) is 20.1. The Hall–Kier alpha value is -2.14. The number of alkyl halides is 2. The number of hydrogen-bond acceptors (Lipinski definition) is 6. The van der Waals surface area contributed by atoms with E-state index in [1.807, 2.05) is 6.07 Å². The van der Waals surface area contributed by atoms with Crippen LogP contribution in [0.4, 0.5) is 8.78 Å². The van der Waals surface area contributed by atoms with Gasteiger partial charge in [-0.2, -0.15) is 4.31 Å². The minimum absolute atomic E-state index is 0.0959. The second-order valence-electron chi connectivity index (χ2n) is 6.99. The second kappa shape index (κ2) is 6.98. The van der Waals surface area contributed by atoms with Crippen LogP contribution < -0.4 is 5.73 Å². The number of fused-ring (bicyclic) bond motifs is 1. The van der Waals surface area contributed by atoms with Crippen molar-refractivity contribution in [2.75, 3.05) is 13.2 Å². The molecule has 0 unspecified atom stereocenters. The van der Waals surface area contributed by atoms with Gasteiger partial charge in [-0.05, 0) is 24.3 Å². The standard InChI is InChI=1S/C18H17ClF2N4O3S/c19-14-5-12(29(27,28)25-9-18(20,21)6-11(25)8-26)2-3-13(14)15-4-1-10-7-23-17(22)16(10)24-15/h1-5,11,26H,6-9H2,(H2,22,23)/t11-/m0/s1. The average Bonchev–Trinajstić information content (AvgIpc) is 3.20. The lowest BCUT2D eigenvalue weighted by atomic mass is 10.1. The fourth-order valence-corrected chi connectivity index (χ4v) is 5.55. The summed E-state index contributed by atoms with van der Waals surface area (Å²) < 4.78 is 53.8. The maximum Gasteiger partial charge on any atom is 0.263 e. The molecular weight excluding hydrogens is 426 g/mol. The van der Waals surface area contributed by atoms with Crippen molar-refractivity contribution in [3.63, 3.8) is 0 Å². The quantitative estimate of drug-likeness (QED) is 0.752. The van der Waals surface area contributed by atoms with Gasteiger partial charge in [0, 0.05) is 17.5 Å². The van der Waals surface area contributed by atoms with Crippen LogP contribution in [0, 0.1) is 0 Å². The van der Waals surface area contributed by atoms with Gasteiger partial charge in [0.05, 0.1) is 41.4 Å². The van der Waals surface area contributed by atoms with E-state index in [2.05, 4.69) is 9.98 Å². The molecule has 1 aromatic carbocycles. The van der Waals surface area contributed by atoms with Crippen molar-refractivity contribution in [1.82, 2.24) is 9.29 Å². The Morgan fingerprint density at radius 3 is 2.76 bits per heavy atom. The largest absolute Gasteiger partial charge is 0.395 e. The molecule has 0 amide bonds. The third kappa shape index (κ3) is 3.50. The molecule has 1 saturated heterocycles. The average molecular weight is 443 g/mol. The molecule has 0 aliphatic carbocycles. The number of amidine groups is 1. The van der Waals surface area contributed by atoms with E-state index in [4.69, 9.17) is 17.3 Å². The van der Waals surface area contributed by atoms with E-state index >= 15 is 0 Å². The van der Waals surface area contributed by atoms with Crippen molar-refractivity contribution in [2.24, 2.45) is 10.7 Å². The fraction of sp³-hybridized carbons (Fsp3) is 0.333. The molecule has 4 rings (SSSR count). The van der Waals surface area contributed by atoms with Gasteiger partial charge in [0.1, 0.15) is 11.5 Å². The molecule has 2 aliphatic heterocycles. The summed E-state index contributed by atoms with van der Waals surface area (Å²) in [4.78, 5) is 8.33. The normalized spacial score (nSPS) is 21.2. The van der Waals surface area contributed by atoms with E-state index in [0.717, 1.165) is 5.56 Å². The Labute approximate surface area is 170 Å². The van der Waals surface area contributed by atoms with Crippen LogP contribution in [-0.2, 0) is 16.6 Å². The maximum absolute atomic E-state index is 13.7. The lowest BCUT2D eigenvalue weighted by Gasteiger charge is -2.22. The highest BCUT2D eigenvalue weighted by molar-refractivity contribution is 7.89. The second-order valence-corrected chi connectivity index (χ2v) is 9.29. The predicted octanol–water partition coefficient (Wildman–Crippen LogP) is 2.01. The van der Waals surface area contributed by atoms with Crippen molar-refractivity contribution in [3.8, 4) is 11.3 Å². The summed E-state index contributed by atoms with van der Waals surface area (Å²) in [5.74, 6) is -2.87. The summed E-state index contributed by atoms with van der Waals surface area (Å²) >= 11 is 6.31. The Kier molecular flexibility index (Phi) is 4.85. The molecule has 29 heavy (non-hydrogen) atoms. The third-order valence-corrected chi connectivity index (χ3v) is 7.21. The summed E-state index contributed by atoms with van der Waals surface area (Å²) in [6.07, 6.45) is -0.726. The summed E-state index contributed by atoms with van der Waals surface area (Å²) in [6, 6.07) is 6.31. The van der Waals surface area contributed by atoms with E-state index < -0.39 is 41.6 Å². The molecule has 0 saturated carbocycles. The molecular formula is C18H17ClF2N4O3S. The number of pyridine rings is 1. The SMILES string of the molecule is NC1=NCc2ccc(-c3ccc(S(=O)(=O)N4CC(F)(F)C[C@H]4CO)cc3Cl)nc21. The van der Waals surface area contributed by atoms with Crippen molar-refractivity contribution in [1.29, 1.82) is 0 Å². The van der Waals surface area contributed by atoms with Crippen LogP contribution in [0.3, 0.4) is 0 Å². The number of nitrogens with two attached hydrogens (primary N) is 1. The number of aliphatic hydroxyl groups is 1. The molecule has 2 aliphatic rings. The molecule has 11 heteroatoms. The fourth-order valence-electron chi connectivity index (χ4n) is 3.54. The van der Waals surface area contributed by atoms with Gasteiger partial charge in [-0.15, -0.1) is 0 Å². The number of rotatable bonds is 4. The summed E-state index contributed by atoms with van der Waals surface area (Å²) in [5, 5.41) is 9.43. The molecule has 7 nitrogen and oxygen atoms in total. The van der Waals surface area contributed by atoms with Crippen LogP contribution in [0.5, 0.6) is 0 Å². The molecule has 1 atom stereocenters. The van der Waals surface area contributed by atoms with Crippen LogP contribution in [-0.4, -0.2) is 53.8 Å². The first-order valence-corrected chi connectivity index (χ1v) is 10.5. The zero-order valence-electron chi connectivity index (χ0n) is 15.0. The topological polar surface area (TPSA) is 109 Å². The number of sulfonamides is 1. The van der Waals surface area contributed by atoms with Crippen LogP contribution >= 0.6 is 11.6 Å². The summed E-state index contributed by atoms with van der Waals surface area (Å²) in [5.41, 5.74) is 8.21. The Bertz CT molecular complexity index is 1120. The summed E-state index contributed by atoms with van der Waals surface area (Å²) in [6.45, 7) is -1.22. The third-order valence-electron chi connectivity index (χ3n) is 5.00. The van der Waals surface area contributed by atoms with Crippen LogP contribution in [0.15, 0.2) is 40.2 Å². The maximum atomic E-state index is 13.7. The Balaban J connectivity index is 1.69. The van der Waals surface area contributed by atoms with Gasteiger partial charge in [-0.3, -0.25) is 4.99 Å². The smallest absolute Gasteiger partial charge is 0.263 e. The van der Waals surface area contributed by atoms with Crippen molar-refractivity contribution in [3.05, 3.63) is 46.6 Å². The predicted molar refractivity (Wildman–Crippen MR) is 103 cm³/mol. The number of halogens is 3. The first-order chi connectivity index (χ1) is 13.6. The monoisotopic (exact) mass is 442 g/mol. The zero-order valence-corrected chi connectivity index (χ0v) is 16.6. The molecule has 1 aromatic heterocycles. The molecule has 0 spiro atoms. The van der Waals surface area contributed by atoms with E-state index in [1.165, 1.54) is 18.2 Å². The number of hydrogen-bond donors (Lipinski definition) is 2. The highest BCUT2D eigenvalue weighted by Crippen LogP contribution is 2.37. The lowest BCUT2D eigenvalue weighted by molar-refractivity contribution is 0.0161. The molecule has 0 bridgehead atoms. The van der Waals surface area contributed by atoms with E-state index in [1.54, 1.807) is 6.07 Å². The number of benzene rings is 1. The molecule has 154 valence electrons. The number of aromatic nitrogens is 1. The van der Waals surface area contributed by atoms with Gasteiger partial charge >= 0.3 is 0 Å². The van der Waals surface area contributed by atoms with E-state index in [-0.39, 0.29) is 9.92 Å².